The Labute approximate surface area is 166 Å². The van der Waals surface area contributed by atoms with E-state index in [9.17, 15) is 0 Å². The third-order valence-electron chi connectivity index (χ3n) is 4.46. The molecule has 1 aliphatic carbocycles. The molecule has 0 spiro atoms. The third kappa shape index (κ3) is 4.19. The number of rotatable bonds is 3. The van der Waals surface area contributed by atoms with E-state index in [1.807, 2.05) is 24.3 Å². The first-order valence-corrected chi connectivity index (χ1v) is 9.76. The lowest BCUT2D eigenvalue weighted by atomic mass is 10.1. The number of alkyl halides is 1. The van der Waals surface area contributed by atoms with E-state index in [0.29, 0.717) is 24.5 Å². The molecular formula is C19H19BrClN5. The topological polar surface area (TPSA) is 60.8 Å². The molecule has 0 saturated heterocycles. The fraction of sp³-hybridized carbons (Fsp3) is 0.263. The van der Waals surface area contributed by atoms with Crippen molar-refractivity contribution in [2.45, 2.75) is 31.1 Å². The van der Waals surface area contributed by atoms with Gasteiger partial charge in [0.25, 0.3) is 0 Å². The Hall–Kier alpha value is -2.05. The first-order valence-electron chi connectivity index (χ1n) is 8.53. The molecule has 26 heavy (non-hydrogen) atoms. The average Bonchev–Trinajstić information content (AvgIpc) is 3.03. The summed E-state index contributed by atoms with van der Waals surface area (Å²) in [5, 5.41) is 9.70. The molecule has 2 aliphatic rings. The number of nitrogens with zero attached hydrogens (tertiary/aromatic N) is 2. The highest BCUT2D eigenvalue weighted by molar-refractivity contribution is 9.10. The maximum Gasteiger partial charge on any atom is 0.201 e. The van der Waals surface area contributed by atoms with Crippen LogP contribution in [0.25, 0.3) is 0 Å². The van der Waals surface area contributed by atoms with E-state index in [-0.39, 0.29) is 0 Å². The monoisotopic (exact) mass is 431 g/mol. The molecule has 134 valence electrons. The van der Waals surface area contributed by atoms with Gasteiger partial charge in [-0.05, 0) is 41.7 Å². The molecule has 0 fully saturated rings. The van der Waals surface area contributed by atoms with Crippen molar-refractivity contribution >= 4 is 39.4 Å². The van der Waals surface area contributed by atoms with Crippen molar-refractivity contribution in [1.82, 2.24) is 16.0 Å². The van der Waals surface area contributed by atoms with Gasteiger partial charge in [0.15, 0.2) is 0 Å². The Bertz CT molecular complexity index is 824. The molecule has 1 atom stereocenters. The highest BCUT2D eigenvalue weighted by atomic mass is 79.9. The van der Waals surface area contributed by atoms with Crippen LogP contribution in [0.5, 0.6) is 0 Å². The predicted octanol–water partition coefficient (Wildman–Crippen LogP) is 3.13. The van der Waals surface area contributed by atoms with Gasteiger partial charge in [0, 0.05) is 10.5 Å². The molecule has 0 saturated carbocycles. The van der Waals surface area contributed by atoms with Crippen LogP contribution in [0.4, 0.5) is 0 Å². The lowest BCUT2D eigenvalue weighted by Gasteiger charge is -2.24. The Morgan fingerprint density at radius 3 is 2.50 bits per heavy atom. The quantitative estimate of drug-likeness (QED) is 0.516. The van der Waals surface area contributed by atoms with E-state index >= 15 is 0 Å². The van der Waals surface area contributed by atoms with Crippen molar-refractivity contribution in [1.29, 1.82) is 0 Å². The van der Waals surface area contributed by atoms with Crippen LogP contribution in [0.1, 0.15) is 16.7 Å². The minimum atomic E-state index is -0.536. The van der Waals surface area contributed by atoms with E-state index in [2.05, 4.69) is 66.1 Å². The van der Waals surface area contributed by atoms with Crippen LogP contribution in [0.3, 0.4) is 0 Å². The summed E-state index contributed by atoms with van der Waals surface area (Å²) >= 11 is 9.66. The normalized spacial score (nSPS) is 20.9. The Kier molecular flexibility index (Phi) is 5.13. The first kappa shape index (κ1) is 17.4. The van der Waals surface area contributed by atoms with Gasteiger partial charge >= 0.3 is 0 Å². The summed E-state index contributed by atoms with van der Waals surface area (Å²) in [7, 11) is 0. The standard InChI is InChI=1S/C19H19BrClN5/c20-15-7-5-12(6-8-15)11-22-18-24-17(21)25-19(26-18)23-16-9-13-3-1-2-4-14(13)10-16/h1-8,16-17H,9-11H2,(H3,22,23,24,25,26). The van der Waals surface area contributed by atoms with Crippen molar-refractivity contribution in [2.24, 2.45) is 9.98 Å². The van der Waals surface area contributed by atoms with Gasteiger partial charge in [-0.15, -0.1) is 0 Å². The van der Waals surface area contributed by atoms with Gasteiger partial charge in [-0.1, -0.05) is 63.9 Å². The van der Waals surface area contributed by atoms with E-state index < -0.39 is 5.62 Å². The van der Waals surface area contributed by atoms with Gasteiger partial charge in [0.2, 0.25) is 17.5 Å². The average molecular weight is 433 g/mol. The molecule has 0 radical (unpaired) electrons. The van der Waals surface area contributed by atoms with Gasteiger partial charge in [-0.25, -0.2) is 9.98 Å². The van der Waals surface area contributed by atoms with Crippen molar-refractivity contribution in [2.75, 3.05) is 0 Å². The van der Waals surface area contributed by atoms with Gasteiger partial charge in [0.1, 0.15) is 0 Å². The number of benzene rings is 2. The van der Waals surface area contributed by atoms with Gasteiger partial charge in [-0.2, -0.15) is 0 Å². The van der Waals surface area contributed by atoms with E-state index in [1.54, 1.807) is 0 Å². The molecule has 0 amide bonds. The molecule has 4 rings (SSSR count). The van der Waals surface area contributed by atoms with E-state index in [4.69, 9.17) is 11.6 Å². The zero-order valence-corrected chi connectivity index (χ0v) is 16.4. The van der Waals surface area contributed by atoms with Gasteiger partial charge < -0.3 is 10.6 Å². The number of aliphatic imine (C=N–C) groups is 2. The van der Waals surface area contributed by atoms with Crippen LogP contribution in [0, 0.1) is 0 Å². The number of nitrogens with one attached hydrogen (secondary N) is 3. The van der Waals surface area contributed by atoms with Gasteiger partial charge in [-0.3, -0.25) is 5.32 Å². The molecule has 2 aromatic rings. The third-order valence-corrected chi connectivity index (χ3v) is 5.20. The summed E-state index contributed by atoms with van der Waals surface area (Å²) < 4.78 is 1.06. The number of fused-ring (bicyclic) bond motifs is 1. The zero-order valence-electron chi connectivity index (χ0n) is 14.0. The summed E-state index contributed by atoms with van der Waals surface area (Å²) in [6.07, 6.45) is 1.98. The van der Waals surface area contributed by atoms with Crippen LogP contribution in [0.2, 0.25) is 0 Å². The maximum absolute atomic E-state index is 6.22. The second kappa shape index (κ2) is 7.68. The maximum atomic E-state index is 6.22. The fourth-order valence-electron chi connectivity index (χ4n) is 3.21. The molecular weight excluding hydrogens is 414 g/mol. The minimum absolute atomic E-state index is 0.313. The van der Waals surface area contributed by atoms with Crippen LogP contribution in [0.15, 0.2) is 63.0 Å². The number of guanidine groups is 2. The van der Waals surface area contributed by atoms with Crippen molar-refractivity contribution in [3.63, 3.8) is 0 Å². The number of halogens is 2. The second-order valence-electron chi connectivity index (χ2n) is 6.39. The molecule has 0 bridgehead atoms. The highest BCUT2D eigenvalue weighted by Crippen LogP contribution is 2.21. The summed E-state index contributed by atoms with van der Waals surface area (Å²) in [5.74, 6) is 1.29. The van der Waals surface area contributed by atoms with Crippen molar-refractivity contribution in [3.05, 3.63) is 69.7 Å². The summed E-state index contributed by atoms with van der Waals surface area (Å²) in [6.45, 7) is 0.564. The minimum Gasteiger partial charge on any atom is -0.353 e. The molecule has 5 nitrogen and oxygen atoms in total. The highest BCUT2D eigenvalue weighted by Gasteiger charge is 2.24. The van der Waals surface area contributed by atoms with Crippen molar-refractivity contribution in [3.8, 4) is 0 Å². The summed E-state index contributed by atoms with van der Waals surface area (Å²) in [5.41, 5.74) is 3.38. The van der Waals surface area contributed by atoms with Crippen LogP contribution >= 0.6 is 27.5 Å². The van der Waals surface area contributed by atoms with E-state index in [1.165, 1.54) is 11.1 Å². The van der Waals surface area contributed by atoms with Crippen LogP contribution < -0.4 is 16.0 Å². The molecule has 1 unspecified atom stereocenters. The Morgan fingerprint density at radius 2 is 1.81 bits per heavy atom. The van der Waals surface area contributed by atoms with Crippen LogP contribution in [-0.2, 0) is 19.4 Å². The molecule has 7 heteroatoms. The molecule has 3 N–H and O–H groups in total. The van der Waals surface area contributed by atoms with Gasteiger partial charge in [0.05, 0.1) is 6.54 Å². The molecule has 1 heterocycles. The summed E-state index contributed by atoms with van der Waals surface area (Å²) in [6, 6.07) is 17.0. The SMILES string of the molecule is ClC1N=C(NC2Cc3ccccc3C2)NC(=NCc2ccc(Br)cc2)N1. The number of hydrogen-bond acceptors (Lipinski definition) is 3. The smallest absolute Gasteiger partial charge is 0.201 e. The summed E-state index contributed by atoms with van der Waals surface area (Å²) in [4.78, 5) is 8.96. The Morgan fingerprint density at radius 1 is 1.12 bits per heavy atom. The predicted molar refractivity (Wildman–Crippen MR) is 109 cm³/mol. The fourth-order valence-corrected chi connectivity index (χ4v) is 3.68. The lowest BCUT2D eigenvalue weighted by molar-refractivity contribution is 0.623. The lowest BCUT2D eigenvalue weighted by Crippen LogP contribution is -2.55. The Balaban J connectivity index is 1.38. The largest absolute Gasteiger partial charge is 0.353 e. The molecule has 1 aliphatic heterocycles. The van der Waals surface area contributed by atoms with Crippen LogP contribution in [-0.4, -0.2) is 23.6 Å². The zero-order chi connectivity index (χ0) is 17.9. The number of hydrogen-bond donors (Lipinski definition) is 3. The van der Waals surface area contributed by atoms with E-state index in [0.717, 1.165) is 22.9 Å². The second-order valence-corrected chi connectivity index (χ2v) is 7.72. The first-order chi connectivity index (χ1) is 12.7. The molecule has 2 aromatic carbocycles. The van der Waals surface area contributed by atoms with Crippen molar-refractivity contribution < 1.29 is 0 Å². The molecule has 0 aromatic heterocycles.